The van der Waals surface area contributed by atoms with Gasteiger partial charge in [-0.3, -0.25) is 4.79 Å². The van der Waals surface area contributed by atoms with Gasteiger partial charge in [-0.2, -0.15) is 0 Å². The molecule has 0 radical (unpaired) electrons. The zero-order valence-electron chi connectivity index (χ0n) is 11.8. The van der Waals surface area contributed by atoms with Crippen LogP contribution in [-0.4, -0.2) is 21.6 Å². The summed E-state index contributed by atoms with van der Waals surface area (Å²) in [6.45, 7) is 4.40. The van der Waals surface area contributed by atoms with Gasteiger partial charge in [0.1, 0.15) is 0 Å². The fourth-order valence-electron chi connectivity index (χ4n) is 1.81. The Morgan fingerprint density at radius 3 is 2.85 bits per heavy atom. The van der Waals surface area contributed by atoms with Crippen LogP contribution in [0.25, 0.3) is 0 Å². The Hall–Kier alpha value is -2.37. The number of hydrogen-bond donors (Lipinski definition) is 1. The Balaban J connectivity index is 2.15. The van der Waals surface area contributed by atoms with Crippen molar-refractivity contribution < 1.29 is 4.74 Å². The maximum atomic E-state index is 12.2. The Kier molecular flexibility index (Phi) is 4.34. The number of rotatable bonds is 5. The molecule has 0 spiro atoms. The first-order chi connectivity index (χ1) is 9.61. The fourth-order valence-corrected chi connectivity index (χ4v) is 1.81. The highest BCUT2D eigenvalue weighted by atomic mass is 16.5. The summed E-state index contributed by atoms with van der Waals surface area (Å²) in [5.41, 5.74) is 0.849. The van der Waals surface area contributed by atoms with Gasteiger partial charge in [0.2, 0.25) is 5.88 Å². The van der Waals surface area contributed by atoms with Gasteiger partial charge < -0.3 is 14.6 Å². The fraction of sp³-hybridized carbons (Fsp3) is 0.357. The lowest BCUT2D eigenvalue weighted by Crippen LogP contribution is -2.25. The monoisotopic (exact) mass is 274 g/mol. The molecule has 106 valence electrons. The Labute approximate surface area is 117 Å². The molecule has 2 rings (SSSR count). The summed E-state index contributed by atoms with van der Waals surface area (Å²) >= 11 is 0. The number of nitrogens with zero attached hydrogens (tertiary/aromatic N) is 3. The predicted molar refractivity (Wildman–Crippen MR) is 77.0 cm³/mol. The number of aromatic nitrogens is 3. The van der Waals surface area contributed by atoms with Gasteiger partial charge in [0.05, 0.1) is 7.11 Å². The van der Waals surface area contributed by atoms with Crippen molar-refractivity contribution in [2.45, 2.75) is 26.4 Å². The minimum atomic E-state index is -0.122. The maximum absolute atomic E-state index is 12.2. The molecular formula is C14H18N4O2. The second-order valence-corrected chi connectivity index (χ2v) is 4.64. The van der Waals surface area contributed by atoms with Gasteiger partial charge >= 0.3 is 0 Å². The lowest BCUT2D eigenvalue weighted by Gasteiger charge is -2.11. The van der Waals surface area contributed by atoms with Crippen LogP contribution in [0.1, 0.15) is 25.5 Å². The number of hydrogen-bond acceptors (Lipinski definition) is 5. The third kappa shape index (κ3) is 3.14. The molecule has 0 saturated heterocycles. The third-order valence-corrected chi connectivity index (χ3v) is 2.89. The third-order valence-electron chi connectivity index (χ3n) is 2.89. The van der Waals surface area contributed by atoms with Crippen LogP contribution in [0.2, 0.25) is 0 Å². The standard InChI is InChI=1S/C14H18N4O2/c1-10(2)18-7-6-16-13(14(18)19)17-9-11-4-5-15-12(8-11)20-3/h4-8,10H,9H2,1-3H3,(H,16,17). The van der Waals surface area contributed by atoms with Crippen LogP contribution in [-0.2, 0) is 6.54 Å². The molecule has 0 fully saturated rings. The summed E-state index contributed by atoms with van der Waals surface area (Å²) in [5, 5.41) is 3.05. The van der Waals surface area contributed by atoms with Crippen molar-refractivity contribution in [1.82, 2.24) is 14.5 Å². The number of anilines is 1. The molecule has 2 aromatic heterocycles. The molecule has 0 amide bonds. The molecule has 2 heterocycles. The van der Waals surface area contributed by atoms with E-state index in [2.05, 4.69) is 15.3 Å². The van der Waals surface area contributed by atoms with Crippen LogP contribution < -0.4 is 15.6 Å². The van der Waals surface area contributed by atoms with E-state index in [1.54, 1.807) is 30.3 Å². The summed E-state index contributed by atoms with van der Waals surface area (Å²) < 4.78 is 6.70. The quantitative estimate of drug-likeness (QED) is 0.901. The summed E-state index contributed by atoms with van der Waals surface area (Å²) in [4.78, 5) is 20.3. The average molecular weight is 274 g/mol. The van der Waals surface area contributed by atoms with Crippen LogP contribution in [0.5, 0.6) is 5.88 Å². The Morgan fingerprint density at radius 1 is 1.35 bits per heavy atom. The van der Waals surface area contributed by atoms with E-state index in [4.69, 9.17) is 4.74 Å². The van der Waals surface area contributed by atoms with E-state index in [0.29, 0.717) is 18.2 Å². The smallest absolute Gasteiger partial charge is 0.293 e. The van der Waals surface area contributed by atoms with Gasteiger partial charge in [0, 0.05) is 37.2 Å². The zero-order valence-corrected chi connectivity index (χ0v) is 11.8. The molecule has 0 aliphatic heterocycles. The highest BCUT2D eigenvalue weighted by Crippen LogP contribution is 2.09. The van der Waals surface area contributed by atoms with Crippen molar-refractivity contribution in [3.8, 4) is 5.88 Å². The molecule has 6 nitrogen and oxygen atoms in total. The summed E-state index contributed by atoms with van der Waals surface area (Å²) in [7, 11) is 1.57. The SMILES string of the molecule is COc1cc(CNc2nccn(C(C)C)c2=O)ccn1. The van der Waals surface area contributed by atoms with E-state index < -0.39 is 0 Å². The molecule has 0 unspecified atom stereocenters. The highest BCUT2D eigenvalue weighted by Gasteiger charge is 2.07. The first-order valence-electron chi connectivity index (χ1n) is 6.41. The van der Waals surface area contributed by atoms with Crippen LogP contribution in [0.3, 0.4) is 0 Å². The normalized spacial score (nSPS) is 10.6. The predicted octanol–water partition coefficient (Wildman–Crippen LogP) is 1.84. The lowest BCUT2D eigenvalue weighted by molar-refractivity contribution is 0.397. The Morgan fingerprint density at radius 2 is 2.15 bits per heavy atom. The topological polar surface area (TPSA) is 69.0 Å². The average Bonchev–Trinajstić information content (AvgIpc) is 2.46. The largest absolute Gasteiger partial charge is 0.481 e. The lowest BCUT2D eigenvalue weighted by atomic mass is 10.2. The second-order valence-electron chi connectivity index (χ2n) is 4.64. The molecule has 0 aromatic carbocycles. The second kappa shape index (κ2) is 6.18. The van der Waals surface area contributed by atoms with E-state index in [9.17, 15) is 4.79 Å². The van der Waals surface area contributed by atoms with Crippen molar-refractivity contribution in [2.75, 3.05) is 12.4 Å². The molecule has 1 N–H and O–H groups in total. The van der Waals surface area contributed by atoms with E-state index in [1.165, 1.54) is 0 Å². The highest BCUT2D eigenvalue weighted by molar-refractivity contribution is 5.33. The van der Waals surface area contributed by atoms with Gasteiger partial charge in [0.15, 0.2) is 5.82 Å². The van der Waals surface area contributed by atoms with Gasteiger partial charge in [-0.05, 0) is 25.5 Å². The summed E-state index contributed by atoms with van der Waals surface area (Å²) in [6.07, 6.45) is 4.98. The molecule has 2 aromatic rings. The van der Waals surface area contributed by atoms with E-state index in [-0.39, 0.29) is 11.6 Å². The first-order valence-corrected chi connectivity index (χ1v) is 6.41. The molecule has 0 aliphatic rings. The molecule has 20 heavy (non-hydrogen) atoms. The van der Waals surface area contributed by atoms with Crippen LogP contribution in [0.4, 0.5) is 5.82 Å². The van der Waals surface area contributed by atoms with Crippen LogP contribution >= 0.6 is 0 Å². The number of pyridine rings is 1. The van der Waals surface area contributed by atoms with Crippen molar-refractivity contribution in [3.05, 3.63) is 46.6 Å². The minimum Gasteiger partial charge on any atom is -0.481 e. The molecule has 0 atom stereocenters. The van der Waals surface area contributed by atoms with E-state index >= 15 is 0 Å². The van der Waals surface area contributed by atoms with Crippen molar-refractivity contribution in [3.63, 3.8) is 0 Å². The molecule has 0 aliphatic carbocycles. The first kappa shape index (κ1) is 14.0. The van der Waals surface area contributed by atoms with Crippen molar-refractivity contribution in [2.24, 2.45) is 0 Å². The molecule has 0 saturated carbocycles. The van der Waals surface area contributed by atoms with Gasteiger partial charge in [-0.25, -0.2) is 9.97 Å². The van der Waals surface area contributed by atoms with Crippen LogP contribution in [0.15, 0.2) is 35.5 Å². The van der Waals surface area contributed by atoms with Crippen LogP contribution in [0, 0.1) is 0 Å². The molecule has 0 bridgehead atoms. The summed E-state index contributed by atoms with van der Waals surface area (Å²) in [5.74, 6) is 0.891. The van der Waals surface area contributed by atoms with E-state index in [1.807, 2.05) is 26.0 Å². The maximum Gasteiger partial charge on any atom is 0.293 e. The van der Waals surface area contributed by atoms with Crippen molar-refractivity contribution >= 4 is 5.82 Å². The van der Waals surface area contributed by atoms with E-state index in [0.717, 1.165) is 5.56 Å². The summed E-state index contributed by atoms with van der Waals surface area (Å²) in [6, 6.07) is 3.78. The van der Waals surface area contributed by atoms with Gasteiger partial charge in [0.25, 0.3) is 5.56 Å². The minimum absolute atomic E-state index is 0.104. The van der Waals surface area contributed by atoms with Gasteiger partial charge in [-0.15, -0.1) is 0 Å². The van der Waals surface area contributed by atoms with Crippen molar-refractivity contribution in [1.29, 1.82) is 0 Å². The number of nitrogens with one attached hydrogen (secondary N) is 1. The zero-order chi connectivity index (χ0) is 14.5. The number of methoxy groups -OCH3 is 1. The Bertz CT molecular complexity index is 637. The number of ether oxygens (including phenoxy) is 1. The molecule has 6 heteroatoms. The molecular weight excluding hydrogens is 256 g/mol. The van der Waals surface area contributed by atoms with Gasteiger partial charge in [-0.1, -0.05) is 0 Å².